The molecule has 8 rings (SSSR count). The number of carbonyl (C=O) groups is 4. The van der Waals surface area contributed by atoms with Crippen LogP contribution in [0.15, 0.2) is 60.7 Å². The van der Waals surface area contributed by atoms with Gasteiger partial charge in [0, 0.05) is 44.3 Å². The van der Waals surface area contributed by atoms with E-state index in [0.717, 1.165) is 37.3 Å². The van der Waals surface area contributed by atoms with Gasteiger partial charge in [-0.25, -0.2) is 4.79 Å². The van der Waals surface area contributed by atoms with Crippen molar-refractivity contribution in [1.29, 1.82) is 0 Å². The van der Waals surface area contributed by atoms with Gasteiger partial charge < -0.3 is 34.3 Å². The van der Waals surface area contributed by atoms with E-state index in [9.17, 15) is 32.7 Å². The van der Waals surface area contributed by atoms with Gasteiger partial charge in [-0.1, -0.05) is 54.6 Å². The Morgan fingerprint density at radius 2 is 1.73 bits per heavy atom. The fourth-order valence-electron chi connectivity index (χ4n) is 9.00. The summed E-state index contributed by atoms with van der Waals surface area (Å²) in [5.41, 5.74) is 0.293. The lowest BCUT2D eigenvalue weighted by atomic mass is 9.62. The number of aliphatic hydroxyl groups is 1. The Morgan fingerprint density at radius 1 is 1.04 bits per heavy atom. The van der Waals surface area contributed by atoms with Crippen molar-refractivity contribution in [2.45, 2.75) is 93.5 Å². The molecule has 16 heteroatoms. The number of benzene rings is 2. The van der Waals surface area contributed by atoms with Crippen LogP contribution in [0, 0.1) is 17.3 Å². The first-order valence-electron chi connectivity index (χ1n) is 19.0. The maximum Gasteiger partial charge on any atom is 0.422 e. The smallest absolute Gasteiger partial charge is 0.422 e. The number of ether oxygens (including phenoxy) is 4. The molecule has 7 atom stereocenters. The van der Waals surface area contributed by atoms with Gasteiger partial charge in [0.2, 0.25) is 11.8 Å². The zero-order chi connectivity index (χ0) is 39.4. The number of halogens is 3. The van der Waals surface area contributed by atoms with Crippen molar-refractivity contribution in [3.8, 4) is 0 Å². The number of likely N-dealkylation sites (N-methyl/N-ethyl adjacent to an activating group) is 1. The third-order valence-electron chi connectivity index (χ3n) is 11.7. The molecule has 2 aromatic rings. The molecule has 3 saturated carbocycles. The monoisotopic (exact) mass is 783 g/mol. The highest BCUT2D eigenvalue weighted by Crippen LogP contribution is 2.64. The lowest BCUT2D eigenvalue weighted by Crippen LogP contribution is -2.70. The number of hydrogen-bond donors (Lipinski definition) is 2. The van der Waals surface area contributed by atoms with Crippen LogP contribution in [0.5, 0.6) is 0 Å². The van der Waals surface area contributed by atoms with Gasteiger partial charge in [-0.15, -0.1) is 0 Å². The third kappa shape index (κ3) is 7.21. The number of nitrogens with zero attached hydrogens (tertiary/aromatic N) is 2. The molecule has 0 spiro atoms. The van der Waals surface area contributed by atoms with E-state index in [0.29, 0.717) is 11.1 Å². The Kier molecular flexibility index (Phi) is 10.2. The minimum Gasteiger partial charge on any atom is -0.458 e. The molecule has 3 heterocycles. The lowest BCUT2D eigenvalue weighted by Gasteiger charge is -2.50. The zero-order valence-corrected chi connectivity index (χ0v) is 30.7. The van der Waals surface area contributed by atoms with Gasteiger partial charge >= 0.3 is 18.1 Å². The third-order valence-corrected chi connectivity index (χ3v) is 11.7. The van der Waals surface area contributed by atoms with Crippen LogP contribution in [-0.2, 0) is 55.9 Å². The Morgan fingerprint density at radius 3 is 2.41 bits per heavy atom. The summed E-state index contributed by atoms with van der Waals surface area (Å²) in [5.74, 6) is -3.35. The van der Waals surface area contributed by atoms with Gasteiger partial charge in [0.15, 0.2) is 18.4 Å². The summed E-state index contributed by atoms with van der Waals surface area (Å²) in [6.45, 7) is -2.05. The van der Waals surface area contributed by atoms with Crippen molar-refractivity contribution in [3.05, 3.63) is 77.4 Å². The van der Waals surface area contributed by atoms with Crippen molar-refractivity contribution in [2.75, 3.05) is 26.8 Å². The fraction of sp³-hybridized carbons (Fsp3) is 0.550. The van der Waals surface area contributed by atoms with Crippen molar-refractivity contribution in [1.82, 2.24) is 15.3 Å². The molecule has 13 nitrogen and oxygen atoms in total. The minimum absolute atomic E-state index is 0.0177. The van der Waals surface area contributed by atoms with Gasteiger partial charge in [0.25, 0.3) is 0 Å². The summed E-state index contributed by atoms with van der Waals surface area (Å²) >= 11 is 0. The van der Waals surface area contributed by atoms with Crippen LogP contribution in [0.25, 0.3) is 6.08 Å². The summed E-state index contributed by atoms with van der Waals surface area (Å²) < 4.78 is 61.7. The predicted molar refractivity (Wildman–Crippen MR) is 188 cm³/mol. The summed E-state index contributed by atoms with van der Waals surface area (Å²) in [7, 11) is 1.54. The van der Waals surface area contributed by atoms with Crippen LogP contribution in [-0.4, -0.2) is 114 Å². The molecular formula is C40H44F3N3O10. The van der Waals surface area contributed by atoms with Crippen molar-refractivity contribution in [3.63, 3.8) is 0 Å². The van der Waals surface area contributed by atoms with E-state index in [-0.39, 0.29) is 44.4 Å². The van der Waals surface area contributed by atoms with Gasteiger partial charge in [-0.2, -0.15) is 18.2 Å². The van der Waals surface area contributed by atoms with Crippen LogP contribution in [0.1, 0.15) is 48.8 Å². The standard InChI is InChI=1S/C40H44F3N3O10/c1-45(28(35(49)44-16-17-47)19-23-6-3-2-4-7-23)37(51)38-20-29-31-32(55-40(54-31,26-11-12-26)27-13-14-27)34(38)56-46(33(38)36(50)53-29)21-25-9-5-8-24(18-25)10-15-30(48)52-22-39(41,42)43/h2-10,15,18,26-29,31-34,47H,11-14,16-17,19-22H2,1H3,(H,44,49)/t28-,29-,31+,32+,33+,34-,38+/m1/s1. The Hall–Kier alpha value is -4.35. The average Bonchev–Trinajstić information content (AvgIpc) is 4.13. The summed E-state index contributed by atoms with van der Waals surface area (Å²) in [4.78, 5) is 63.4. The van der Waals surface area contributed by atoms with E-state index < -0.39 is 84.2 Å². The number of esters is 2. The van der Waals surface area contributed by atoms with E-state index in [1.54, 1.807) is 24.3 Å². The van der Waals surface area contributed by atoms with Crippen LogP contribution in [0.3, 0.4) is 0 Å². The van der Waals surface area contributed by atoms with E-state index in [1.807, 2.05) is 30.3 Å². The van der Waals surface area contributed by atoms with Crippen LogP contribution in [0.2, 0.25) is 0 Å². The lowest BCUT2D eigenvalue weighted by molar-refractivity contribution is -0.235. The van der Waals surface area contributed by atoms with E-state index in [1.165, 1.54) is 23.1 Å². The molecule has 6 fully saturated rings. The largest absolute Gasteiger partial charge is 0.458 e. The van der Waals surface area contributed by atoms with E-state index >= 15 is 4.79 Å². The first-order chi connectivity index (χ1) is 26.8. The van der Waals surface area contributed by atoms with Crippen molar-refractivity contribution < 1.29 is 61.2 Å². The molecule has 3 saturated heterocycles. The van der Waals surface area contributed by atoms with Crippen LogP contribution in [0.4, 0.5) is 13.2 Å². The molecule has 0 radical (unpaired) electrons. The second-order valence-corrected chi connectivity index (χ2v) is 15.6. The van der Waals surface area contributed by atoms with Crippen LogP contribution >= 0.6 is 0 Å². The zero-order valence-electron chi connectivity index (χ0n) is 30.7. The number of aliphatic hydroxyl groups excluding tert-OH is 1. The first kappa shape index (κ1) is 38.5. The number of fused-ring (bicyclic) bond motifs is 4. The second-order valence-electron chi connectivity index (χ2n) is 15.6. The molecule has 6 aliphatic rings. The highest BCUT2D eigenvalue weighted by Gasteiger charge is 2.78. The number of rotatable bonds is 14. The maximum absolute atomic E-state index is 15.4. The molecule has 2 N–H and O–H groups in total. The molecule has 2 amide bonds. The van der Waals surface area contributed by atoms with Gasteiger partial charge in [0.1, 0.15) is 35.9 Å². The summed E-state index contributed by atoms with van der Waals surface area (Å²) in [5, 5.41) is 13.6. The first-order valence-corrected chi connectivity index (χ1v) is 19.0. The fourth-order valence-corrected chi connectivity index (χ4v) is 9.00. The number of hydroxylamine groups is 2. The summed E-state index contributed by atoms with van der Waals surface area (Å²) in [6.07, 6.45) is -1.79. The number of amides is 2. The second kappa shape index (κ2) is 14.9. The Labute approximate surface area is 321 Å². The van der Waals surface area contributed by atoms with E-state index in [2.05, 4.69) is 10.1 Å². The van der Waals surface area contributed by atoms with Crippen molar-refractivity contribution >= 4 is 29.8 Å². The highest BCUT2D eigenvalue weighted by molar-refractivity contribution is 5.96. The molecule has 2 bridgehead atoms. The molecule has 300 valence electrons. The number of nitrogens with one attached hydrogen (secondary N) is 1. The van der Waals surface area contributed by atoms with Gasteiger partial charge in [0.05, 0.1) is 13.2 Å². The Bertz CT molecular complexity index is 1860. The Balaban J connectivity index is 1.13. The average molecular weight is 784 g/mol. The molecule has 0 unspecified atom stereocenters. The van der Waals surface area contributed by atoms with Crippen molar-refractivity contribution in [2.24, 2.45) is 17.3 Å². The molecule has 0 aromatic heterocycles. The molecule has 2 aromatic carbocycles. The van der Waals surface area contributed by atoms with E-state index in [4.69, 9.17) is 19.0 Å². The minimum atomic E-state index is -4.66. The SMILES string of the molecule is CN(C(=O)[C@@]12C[C@H]3OC(=O)[C@@H]1N(Cc1cccc(C=CC(=O)OCC(F)(F)F)c1)O[C@@H]2[C@H]1OC(C2CC2)(C2CC2)O[C@H]13)[C@H](Cc1ccccc1)C(=O)NCCO. The molecule has 3 aliphatic carbocycles. The number of carbonyl (C=O) groups excluding carboxylic acids is 4. The number of hydrogen-bond acceptors (Lipinski definition) is 11. The topological polar surface area (TPSA) is 153 Å². The quantitative estimate of drug-likeness (QED) is 0.215. The maximum atomic E-state index is 15.4. The molecule has 56 heavy (non-hydrogen) atoms. The molecule has 3 aliphatic heterocycles. The highest BCUT2D eigenvalue weighted by atomic mass is 19.4. The summed E-state index contributed by atoms with van der Waals surface area (Å²) in [6, 6.07) is 13.7. The van der Waals surface area contributed by atoms with Gasteiger partial charge in [-0.05, 0) is 48.4 Å². The normalized spacial score (nSPS) is 29.7. The predicted octanol–water partition coefficient (Wildman–Crippen LogP) is 3.08. The molecular weight excluding hydrogens is 739 g/mol. The van der Waals surface area contributed by atoms with Crippen LogP contribution < -0.4 is 5.32 Å². The number of alkyl halides is 3. The van der Waals surface area contributed by atoms with Gasteiger partial charge in [-0.3, -0.25) is 19.2 Å².